The summed E-state index contributed by atoms with van der Waals surface area (Å²) >= 11 is 1.00. The first-order valence-corrected chi connectivity index (χ1v) is 12.1. The Bertz CT molecular complexity index is 1370. The summed E-state index contributed by atoms with van der Waals surface area (Å²) in [4.78, 5) is 41.5. The lowest BCUT2D eigenvalue weighted by atomic mass is 10.3. The van der Waals surface area contributed by atoms with Crippen LogP contribution < -0.4 is 30.1 Å². The third-order valence-corrected chi connectivity index (χ3v) is 6.66. The molecule has 2 N–H and O–H groups in total. The van der Waals surface area contributed by atoms with Crippen LogP contribution in [0.2, 0.25) is 0 Å². The van der Waals surface area contributed by atoms with E-state index < -0.39 is 5.91 Å². The second-order valence-corrected chi connectivity index (χ2v) is 8.97. The molecule has 11 nitrogen and oxygen atoms in total. The summed E-state index contributed by atoms with van der Waals surface area (Å²) in [7, 11) is 2.02. The number of amides is 2. The van der Waals surface area contributed by atoms with Crippen molar-refractivity contribution in [3.63, 3.8) is 0 Å². The monoisotopic (exact) mass is 509 g/mol. The van der Waals surface area contributed by atoms with Gasteiger partial charge in [0.05, 0.1) is 6.07 Å². The van der Waals surface area contributed by atoms with Gasteiger partial charge in [-0.2, -0.15) is 10.5 Å². The van der Waals surface area contributed by atoms with Gasteiger partial charge in [0, 0.05) is 50.7 Å². The van der Waals surface area contributed by atoms with Crippen molar-refractivity contribution in [2.45, 2.75) is 13.5 Å². The summed E-state index contributed by atoms with van der Waals surface area (Å²) in [6.45, 7) is 4.73. The van der Waals surface area contributed by atoms with E-state index in [4.69, 9.17) is 10.00 Å². The summed E-state index contributed by atoms with van der Waals surface area (Å²) in [6.07, 6.45) is 1.50. The molecule has 1 fully saturated rings. The van der Waals surface area contributed by atoms with E-state index >= 15 is 0 Å². The molecule has 1 saturated heterocycles. The number of aromatic nitrogens is 1. The SMILES string of the molecule is CCn1c(=C(C#N)C(=O)NCC#N)sc(=CNc2cccc(OCC(=O)N3CCN(C)CC3)c2)c1=O. The molecule has 188 valence electrons. The summed E-state index contributed by atoms with van der Waals surface area (Å²) < 4.78 is 7.53. The van der Waals surface area contributed by atoms with Crippen LogP contribution >= 0.6 is 11.3 Å². The fourth-order valence-corrected chi connectivity index (χ4v) is 4.60. The number of piperazine rings is 1. The van der Waals surface area contributed by atoms with Crippen molar-refractivity contribution in [2.24, 2.45) is 0 Å². The van der Waals surface area contributed by atoms with Crippen molar-refractivity contribution in [1.29, 1.82) is 10.5 Å². The maximum Gasteiger partial charge on any atom is 0.270 e. The number of nitrogens with one attached hydrogen (secondary N) is 2. The number of likely N-dealkylation sites (N-methyl/N-ethyl adjacent to an activating group) is 1. The van der Waals surface area contributed by atoms with E-state index in [1.807, 2.05) is 13.1 Å². The van der Waals surface area contributed by atoms with Gasteiger partial charge < -0.3 is 25.2 Å². The summed E-state index contributed by atoms with van der Waals surface area (Å²) in [5.74, 6) is -0.274. The third kappa shape index (κ3) is 6.50. The highest BCUT2D eigenvalue weighted by Crippen LogP contribution is 2.17. The van der Waals surface area contributed by atoms with Crippen LogP contribution in [0.4, 0.5) is 5.69 Å². The van der Waals surface area contributed by atoms with E-state index in [1.165, 1.54) is 10.8 Å². The first-order chi connectivity index (χ1) is 17.4. The Morgan fingerprint density at radius 3 is 2.64 bits per heavy atom. The van der Waals surface area contributed by atoms with E-state index in [9.17, 15) is 19.6 Å². The Morgan fingerprint density at radius 2 is 1.97 bits per heavy atom. The minimum atomic E-state index is -0.710. The highest BCUT2D eigenvalue weighted by atomic mass is 32.1. The average molecular weight is 510 g/mol. The molecule has 1 aliphatic heterocycles. The Labute approximate surface area is 212 Å². The van der Waals surface area contributed by atoms with Gasteiger partial charge in [-0.15, -0.1) is 11.3 Å². The number of nitrogens with zero attached hydrogens (tertiary/aromatic N) is 5. The van der Waals surface area contributed by atoms with Crippen LogP contribution in [-0.4, -0.2) is 72.6 Å². The van der Waals surface area contributed by atoms with E-state index in [-0.39, 0.29) is 41.4 Å². The molecule has 1 aromatic heterocycles. The number of hydrogen-bond donors (Lipinski definition) is 2. The molecular formula is C24H27N7O4S. The molecule has 0 saturated carbocycles. The second-order valence-electron chi connectivity index (χ2n) is 7.94. The van der Waals surface area contributed by atoms with Crippen LogP contribution in [0.5, 0.6) is 5.75 Å². The van der Waals surface area contributed by atoms with Gasteiger partial charge in [-0.3, -0.25) is 19.0 Å². The van der Waals surface area contributed by atoms with Crippen molar-refractivity contribution >= 4 is 40.6 Å². The van der Waals surface area contributed by atoms with Gasteiger partial charge in [0.15, 0.2) is 12.2 Å². The van der Waals surface area contributed by atoms with Crippen LogP contribution in [0.1, 0.15) is 6.92 Å². The Hall–Kier alpha value is -4.13. The molecule has 2 amide bonds. The molecule has 12 heteroatoms. The number of nitriles is 2. The van der Waals surface area contributed by atoms with E-state index in [0.29, 0.717) is 29.1 Å². The first-order valence-electron chi connectivity index (χ1n) is 11.3. The first kappa shape index (κ1) is 26.5. The van der Waals surface area contributed by atoms with Crippen LogP contribution in [0.3, 0.4) is 0 Å². The summed E-state index contributed by atoms with van der Waals surface area (Å²) in [6, 6.07) is 10.6. The Kier molecular flexibility index (Phi) is 9.22. The molecule has 3 rings (SSSR count). The second kappa shape index (κ2) is 12.5. The summed E-state index contributed by atoms with van der Waals surface area (Å²) in [5, 5.41) is 23.5. The zero-order valence-corrected chi connectivity index (χ0v) is 20.9. The highest BCUT2D eigenvalue weighted by molar-refractivity contribution is 7.07. The zero-order chi connectivity index (χ0) is 26.1. The van der Waals surface area contributed by atoms with Gasteiger partial charge in [-0.1, -0.05) is 6.07 Å². The molecule has 1 aromatic carbocycles. The molecule has 0 aliphatic carbocycles. The average Bonchev–Trinajstić information content (AvgIpc) is 3.20. The molecule has 0 spiro atoms. The van der Waals surface area contributed by atoms with Gasteiger partial charge >= 0.3 is 0 Å². The number of carbonyl (C=O) groups is 2. The van der Waals surface area contributed by atoms with Crippen LogP contribution in [0.15, 0.2) is 29.1 Å². The maximum atomic E-state index is 12.8. The minimum Gasteiger partial charge on any atom is -0.484 e. The molecular weight excluding hydrogens is 482 g/mol. The summed E-state index contributed by atoms with van der Waals surface area (Å²) in [5.41, 5.74) is 0.0541. The predicted octanol–water partition coefficient (Wildman–Crippen LogP) is -0.753. The maximum absolute atomic E-state index is 12.8. The van der Waals surface area contributed by atoms with Crippen molar-refractivity contribution in [2.75, 3.05) is 51.7 Å². The molecule has 0 unspecified atom stereocenters. The molecule has 0 radical (unpaired) electrons. The number of benzene rings is 1. The molecule has 2 aromatic rings. The molecule has 0 atom stereocenters. The number of anilines is 1. The van der Waals surface area contributed by atoms with Gasteiger partial charge in [-0.05, 0) is 26.1 Å². The normalized spacial score (nSPS) is 15.0. The van der Waals surface area contributed by atoms with E-state index in [0.717, 1.165) is 24.4 Å². The van der Waals surface area contributed by atoms with Crippen molar-refractivity contribution in [3.05, 3.63) is 43.8 Å². The zero-order valence-electron chi connectivity index (χ0n) is 20.1. The van der Waals surface area contributed by atoms with Crippen molar-refractivity contribution in [1.82, 2.24) is 19.7 Å². The molecule has 2 heterocycles. The third-order valence-electron chi connectivity index (χ3n) is 5.53. The largest absolute Gasteiger partial charge is 0.484 e. The van der Waals surface area contributed by atoms with Crippen LogP contribution in [0, 0.1) is 22.7 Å². The predicted molar refractivity (Wildman–Crippen MR) is 135 cm³/mol. The highest BCUT2D eigenvalue weighted by Gasteiger charge is 2.19. The van der Waals surface area contributed by atoms with Crippen LogP contribution in [0.25, 0.3) is 11.8 Å². The Morgan fingerprint density at radius 1 is 1.22 bits per heavy atom. The number of thiazole rings is 1. The lowest BCUT2D eigenvalue weighted by molar-refractivity contribution is -0.134. The van der Waals surface area contributed by atoms with Gasteiger partial charge in [0.25, 0.3) is 17.4 Å². The van der Waals surface area contributed by atoms with E-state index in [2.05, 4.69) is 15.5 Å². The quantitative estimate of drug-likeness (QED) is 0.443. The van der Waals surface area contributed by atoms with Crippen LogP contribution in [-0.2, 0) is 16.1 Å². The molecule has 0 bridgehead atoms. The topological polar surface area (TPSA) is 143 Å². The van der Waals surface area contributed by atoms with Crippen molar-refractivity contribution in [3.8, 4) is 17.9 Å². The number of ether oxygens (including phenoxy) is 1. The van der Waals surface area contributed by atoms with Gasteiger partial charge in [0.1, 0.15) is 27.6 Å². The minimum absolute atomic E-state index is 0.0625. The lowest BCUT2D eigenvalue weighted by Gasteiger charge is -2.32. The smallest absolute Gasteiger partial charge is 0.270 e. The van der Waals surface area contributed by atoms with Gasteiger partial charge in [-0.25, -0.2) is 0 Å². The molecule has 36 heavy (non-hydrogen) atoms. The van der Waals surface area contributed by atoms with Crippen molar-refractivity contribution < 1.29 is 14.3 Å². The number of rotatable bonds is 8. The molecule has 1 aliphatic rings. The fourth-order valence-electron chi connectivity index (χ4n) is 3.51. The fraction of sp³-hybridized carbons (Fsp3) is 0.375. The number of carbonyl (C=O) groups excluding carboxylic acids is 2. The van der Waals surface area contributed by atoms with Gasteiger partial charge in [0.2, 0.25) is 0 Å². The standard InChI is InChI=1S/C24H27N7O4S/c1-3-31-23(34)20(36-24(31)19(14-26)22(33)27-8-7-25)15-28-17-5-4-6-18(13-17)35-16-21(32)30-11-9-29(2)10-12-30/h4-6,13,15,28H,3,8-12,16H2,1-2H3,(H,27,33). The Balaban J connectivity index is 1.76. The lowest BCUT2D eigenvalue weighted by Crippen LogP contribution is -2.48. The van der Waals surface area contributed by atoms with E-state index in [1.54, 1.807) is 42.2 Å². The number of hydrogen-bond acceptors (Lipinski definition) is 9.